The first kappa shape index (κ1) is 32.5. The van der Waals surface area contributed by atoms with Crippen LogP contribution in [0.3, 0.4) is 0 Å². The molecule has 37 heavy (non-hydrogen) atoms. The number of hydrogen-bond acceptors (Lipinski definition) is 9. The predicted molar refractivity (Wildman–Crippen MR) is 126 cm³/mol. The SMILES string of the molecule is NC(=O)CCC(NC(=O)C(N)CC(=O)O)C(=O)NC(CC(N)=O)C(=O)NC(CCCN=C(N)N)C(=O)O. The van der Waals surface area contributed by atoms with Crippen LogP contribution in [0.1, 0.15) is 38.5 Å². The Bertz CT molecular complexity index is 905. The molecule has 0 saturated carbocycles. The van der Waals surface area contributed by atoms with E-state index in [1.54, 1.807) is 0 Å². The van der Waals surface area contributed by atoms with Crippen molar-refractivity contribution >= 4 is 47.4 Å². The number of nitrogens with two attached hydrogens (primary N) is 5. The fourth-order valence-electron chi connectivity index (χ4n) is 2.83. The minimum absolute atomic E-state index is 0.0781. The van der Waals surface area contributed by atoms with E-state index in [-0.39, 0.29) is 31.8 Å². The maximum Gasteiger partial charge on any atom is 0.326 e. The van der Waals surface area contributed by atoms with Crippen molar-refractivity contribution in [2.24, 2.45) is 33.7 Å². The molecule has 4 atom stereocenters. The van der Waals surface area contributed by atoms with E-state index in [1.807, 2.05) is 0 Å². The van der Waals surface area contributed by atoms with E-state index in [9.17, 15) is 38.7 Å². The number of carboxylic acids is 2. The van der Waals surface area contributed by atoms with Crippen LogP contribution in [0.5, 0.6) is 0 Å². The number of nitrogens with zero attached hydrogens (tertiary/aromatic N) is 1. The lowest BCUT2D eigenvalue weighted by molar-refractivity contribution is -0.142. The van der Waals surface area contributed by atoms with Gasteiger partial charge in [0.1, 0.15) is 18.1 Å². The Balaban J connectivity index is 5.56. The molecule has 15 N–H and O–H groups in total. The number of carboxylic acid groups (broad SMARTS) is 2. The first-order chi connectivity index (χ1) is 17.1. The van der Waals surface area contributed by atoms with Crippen LogP contribution in [-0.2, 0) is 33.6 Å². The first-order valence-electron chi connectivity index (χ1n) is 10.9. The average molecular weight is 532 g/mol. The highest BCUT2D eigenvalue weighted by Crippen LogP contribution is 2.04. The molecule has 0 aromatic carbocycles. The largest absolute Gasteiger partial charge is 0.481 e. The molecule has 0 rings (SSSR count). The number of nitrogens with one attached hydrogen (secondary N) is 3. The molecule has 0 fully saturated rings. The van der Waals surface area contributed by atoms with Gasteiger partial charge in [0.25, 0.3) is 0 Å². The number of guanidine groups is 1. The van der Waals surface area contributed by atoms with Gasteiger partial charge < -0.3 is 54.8 Å². The molecule has 0 radical (unpaired) electrons. The molecular weight excluding hydrogens is 498 g/mol. The molecule has 0 bridgehead atoms. The summed E-state index contributed by atoms with van der Waals surface area (Å²) >= 11 is 0. The summed E-state index contributed by atoms with van der Waals surface area (Å²) in [6, 6.07) is -6.15. The van der Waals surface area contributed by atoms with Crippen LogP contribution in [0, 0.1) is 0 Å². The average Bonchev–Trinajstić information content (AvgIpc) is 2.76. The molecule has 18 nitrogen and oxygen atoms in total. The minimum atomic E-state index is -1.66. The molecule has 0 heterocycles. The molecule has 0 saturated heterocycles. The Morgan fingerprint density at radius 3 is 1.73 bits per heavy atom. The third-order valence-electron chi connectivity index (χ3n) is 4.64. The van der Waals surface area contributed by atoms with Crippen LogP contribution in [0.15, 0.2) is 4.99 Å². The molecular formula is C19H33N9O9. The van der Waals surface area contributed by atoms with Gasteiger partial charge in [0.2, 0.25) is 29.5 Å². The number of carbonyl (C=O) groups is 7. The van der Waals surface area contributed by atoms with Crippen LogP contribution in [-0.4, -0.2) is 88.4 Å². The summed E-state index contributed by atoms with van der Waals surface area (Å²) in [6.45, 7) is 0.0781. The third-order valence-corrected chi connectivity index (χ3v) is 4.64. The molecule has 0 aliphatic carbocycles. The molecule has 4 unspecified atom stereocenters. The van der Waals surface area contributed by atoms with Gasteiger partial charge in [-0.2, -0.15) is 0 Å². The summed E-state index contributed by atoms with van der Waals surface area (Å²) in [5.41, 5.74) is 26.1. The Morgan fingerprint density at radius 2 is 1.24 bits per heavy atom. The van der Waals surface area contributed by atoms with Crippen LogP contribution >= 0.6 is 0 Å². The van der Waals surface area contributed by atoms with E-state index in [0.717, 1.165) is 0 Å². The fourth-order valence-corrected chi connectivity index (χ4v) is 2.83. The van der Waals surface area contributed by atoms with Crippen molar-refractivity contribution in [3.63, 3.8) is 0 Å². The lowest BCUT2D eigenvalue weighted by atomic mass is 10.1. The zero-order valence-electron chi connectivity index (χ0n) is 19.8. The van der Waals surface area contributed by atoms with Gasteiger partial charge in [-0.05, 0) is 19.3 Å². The molecule has 0 aromatic rings. The highest BCUT2D eigenvalue weighted by atomic mass is 16.4. The second-order valence-corrected chi connectivity index (χ2v) is 7.85. The van der Waals surface area contributed by atoms with E-state index >= 15 is 0 Å². The van der Waals surface area contributed by atoms with Gasteiger partial charge in [-0.25, -0.2) is 4.79 Å². The summed E-state index contributed by atoms with van der Waals surface area (Å²) in [5, 5.41) is 24.6. The normalized spacial score (nSPS) is 13.6. The van der Waals surface area contributed by atoms with E-state index in [0.29, 0.717) is 0 Å². The van der Waals surface area contributed by atoms with Gasteiger partial charge in [-0.15, -0.1) is 0 Å². The molecule has 5 amide bonds. The predicted octanol–water partition coefficient (Wildman–Crippen LogP) is -5.48. The molecule has 0 aromatic heterocycles. The number of carbonyl (C=O) groups excluding carboxylic acids is 5. The van der Waals surface area contributed by atoms with Gasteiger partial charge in [-0.1, -0.05) is 0 Å². The lowest BCUT2D eigenvalue weighted by Gasteiger charge is -2.24. The maximum atomic E-state index is 12.8. The Morgan fingerprint density at radius 1 is 0.703 bits per heavy atom. The second kappa shape index (κ2) is 16.2. The van der Waals surface area contributed by atoms with E-state index in [2.05, 4.69) is 20.9 Å². The topological polar surface area (TPSA) is 338 Å². The zero-order valence-corrected chi connectivity index (χ0v) is 19.8. The summed E-state index contributed by atoms with van der Waals surface area (Å²) in [5.74, 6) is -8.06. The van der Waals surface area contributed by atoms with Crippen LogP contribution in [0.2, 0.25) is 0 Å². The monoisotopic (exact) mass is 531 g/mol. The number of primary amides is 2. The standard InChI is InChI=1S/C19H33N9O9/c20-8(6-14(31)32)15(33)26-9(3-4-12(21)29)16(34)28-11(7-13(22)30)17(35)27-10(18(36)37)2-1-5-25-19(23)24/h8-11H,1-7,20H2,(H2,21,29)(H2,22,30)(H,26,33)(H,27,35)(H,28,34)(H,31,32)(H,36,37)(H4,23,24,25). The summed E-state index contributed by atoms with van der Waals surface area (Å²) in [6.07, 6.45) is -2.20. The summed E-state index contributed by atoms with van der Waals surface area (Å²) in [7, 11) is 0. The van der Waals surface area contributed by atoms with Crippen molar-refractivity contribution in [3.05, 3.63) is 0 Å². The third kappa shape index (κ3) is 14.5. The van der Waals surface area contributed by atoms with Crippen molar-refractivity contribution < 1.29 is 43.8 Å². The molecule has 18 heteroatoms. The number of amides is 5. The quantitative estimate of drug-likeness (QED) is 0.0449. The lowest BCUT2D eigenvalue weighted by Crippen LogP contribution is -2.58. The van der Waals surface area contributed by atoms with Crippen molar-refractivity contribution in [1.82, 2.24) is 16.0 Å². The van der Waals surface area contributed by atoms with Gasteiger partial charge in [0, 0.05) is 13.0 Å². The zero-order chi connectivity index (χ0) is 28.7. The molecule has 0 aliphatic rings. The van der Waals surface area contributed by atoms with Crippen LogP contribution in [0.4, 0.5) is 0 Å². The second-order valence-electron chi connectivity index (χ2n) is 7.85. The van der Waals surface area contributed by atoms with E-state index in [4.69, 9.17) is 33.8 Å². The molecule has 0 aliphatic heterocycles. The number of aliphatic imine (C=N–C) groups is 1. The van der Waals surface area contributed by atoms with Crippen molar-refractivity contribution in [3.8, 4) is 0 Å². The van der Waals surface area contributed by atoms with Gasteiger partial charge >= 0.3 is 11.9 Å². The van der Waals surface area contributed by atoms with Gasteiger partial charge in [0.05, 0.1) is 18.9 Å². The van der Waals surface area contributed by atoms with Gasteiger partial charge in [0.15, 0.2) is 5.96 Å². The number of rotatable bonds is 18. The maximum absolute atomic E-state index is 12.8. The molecule has 0 spiro atoms. The Kier molecular flexibility index (Phi) is 14.3. The highest BCUT2D eigenvalue weighted by Gasteiger charge is 2.31. The number of aliphatic carboxylic acids is 2. The Hall–Kier alpha value is -4.48. The van der Waals surface area contributed by atoms with E-state index in [1.165, 1.54) is 0 Å². The van der Waals surface area contributed by atoms with E-state index < -0.39 is 84.9 Å². The van der Waals surface area contributed by atoms with Gasteiger partial charge in [-0.3, -0.25) is 33.8 Å². The van der Waals surface area contributed by atoms with Crippen LogP contribution in [0.25, 0.3) is 0 Å². The first-order valence-corrected chi connectivity index (χ1v) is 10.9. The minimum Gasteiger partial charge on any atom is -0.481 e. The van der Waals surface area contributed by atoms with Crippen molar-refractivity contribution in [2.75, 3.05) is 6.54 Å². The smallest absolute Gasteiger partial charge is 0.326 e. The van der Waals surface area contributed by atoms with Crippen molar-refractivity contribution in [1.29, 1.82) is 0 Å². The highest BCUT2D eigenvalue weighted by molar-refractivity contribution is 5.96. The van der Waals surface area contributed by atoms with Crippen molar-refractivity contribution in [2.45, 2.75) is 62.7 Å². The van der Waals surface area contributed by atoms with Crippen LogP contribution < -0.4 is 44.6 Å². The number of hydrogen-bond donors (Lipinski definition) is 10. The molecule has 208 valence electrons. The Labute approximate surface area is 210 Å². The summed E-state index contributed by atoms with van der Waals surface area (Å²) < 4.78 is 0. The summed E-state index contributed by atoms with van der Waals surface area (Å²) in [4.78, 5) is 86.3. The fraction of sp³-hybridized carbons (Fsp3) is 0.579.